The van der Waals surface area contributed by atoms with Crippen molar-refractivity contribution in [1.29, 1.82) is 0 Å². The van der Waals surface area contributed by atoms with Gasteiger partial charge in [0.1, 0.15) is 5.75 Å². The molecule has 72 valence electrons. The molecule has 0 radical (unpaired) electrons. The summed E-state index contributed by atoms with van der Waals surface area (Å²) in [6.45, 7) is 0.825. The van der Waals surface area contributed by atoms with E-state index >= 15 is 0 Å². The molecular weight excluding hydrogens is 198 g/mol. The molecule has 0 fully saturated rings. The molecule has 0 saturated carbocycles. The lowest BCUT2D eigenvalue weighted by Crippen LogP contribution is -2.06. The third kappa shape index (κ3) is 2.31. The van der Waals surface area contributed by atoms with Gasteiger partial charge in [-0.15, -0.1) is 0 Å². The Morgan fingerprint density at radius 3 is 2.38 bits per heavy atom. The quantitative estimate of drug-likeness (QED) is 0.720. The van der Waals surface area contributed by atoms with Gasteiger partial charge < -0.3 is 4.74 Å². The summed E-state index contributed by atoms with van der Waals surface area (Å²) in [6.07, 6.45) is 0. The monoisotopic (exact) mass is 206 g/mol. The van der Waals surface area contributed by atoms with E-state index in [0.717, 1.165) is 6.92 Å². The molecule has 1 nitrogen and oxygen atoms in total. The van der Waals surface area contributed by atoms with Gasteiger partial charge in [0.25, 0.3) is 5.92 Å². The summed E-state index contributed by atoms with van der Waals surface area (Å²) in [5.74, 6) is -2.47. The van der Waals surface area contributed by atoms with Crippen LogP contribution >= 0.6 is 11.6 Å². The minimum Gasteiger partial charge on any atom is -0.495 e. The Labute approximate surface area is 80.3 Å². The SMILES string of the molecule is COc1ccc(C(C)(F)F)cc1Cl. The maximum atomic E-state index is 12.8. The molecule has 0 N–H and O–H groups in total. The third-order valence-corrected chi connectivity index (χ3v) is 1.95. The van der Waals surface area contributed by atoms with Gasteiger partial charge in [0, 0.05) is 12.5 Å². The van der Waals surface area contributed by atoms with Gasteiger partial charge in [0.15, 0.2) is 0 Å². The van der Waals surface area contributed by atoms with Crippen LogP contribution in [0.2, 0.25) is 5.02 Å². The highest BCUT2D eigenvalue weighted by Crippen LogP contribution is 2.32. The van der Waals surface area contributed by atoms with E-state index in [1.165, 1.54) is 25.3 Å². The third-order valence-electron chi connectivity index (χ3n) is 1.66. The largest absolute Gasteiger partial charge is 0.495 e. The first-order valence-electron chi connectivity index (χ1n) is 3.67. The number of hydrogen-bond acceptors (Lipinski definition) is 1. The number of methoxy groups -OCH3 is 1. The molecule has 0 amide bonds. The molecule has 1 aromatic carbocycles. The number of benzene rings is 1. The molecule has 0 aromatic heterocycles. The molecule has 0 unspecified atom stereocenters. The zero-order valence-corrected chi connectivity index (χ0v) is 8.03. The Morgan fingerprint density at radius 2 is 2.00 bits per heavy atom. The minimum atomic E-state index is -2.87. The van der Waals surface area contributed by atoms with Crippen LogP contribution in [0, 0.1) is 0 Å². The summed E-state index contributed by atoms with van der Waals surface area (Å²) in [5, 5.41) is 0.196. The standard InChI is InChI=1S/C9H9ClF2O/c1-9(11,12)6-3-4-8(13-2)7(10)5-6/h3-5H,1-2H3. The van der Waals surface area contributed by atoms with Crippen LogP contribution in [0.5, 0.6) is 5.75 Å². The summed E-state index contributed by atoms with van der Waals surface area (Å²) in [7, 11) is 1.44. The van der Waals surface area contributed by atoms with E-state index in [-0.39, 0.29) is 10.6 Å². The predicted molar refractivity (Wildman–Crippen MR) is 47.6 cm³/mol. The van der Waals surface area contributed by atoms with E-state index in [2.05, 4.69) is 0 Å². The van der Waals surface area contributed by atoms with Gasteiger partial charge >= 0.3 is 0 Å². The first-order chi connectivity index (χ1) is 5.95. The molecular formula is C9H9ClF2O. The van der Waals surface area contributed by atoms with Gasteiger partial charge in [-0.3, -0.25) is 0 Å². The van der Waals surface area contributed by atoms with E-state index in [9.17, 15) is 8.78 Å². The average molecular weight is 207 g/mol. The lowest BCUT2D eigenvalue weighted by molar-refractivity contribution is 0.0174. The van der Waals surface area contributed by atoms with Gasteiger partial charge in [-0.25, -0.2) is 8.78 Å². The van der Waals surface area contributed by atoms with Crippen LogP contribution in [-0.4, -0.2) is 7.11 Å². The molecule has 13 heavy (non-hydrogen) atoms. The van der Waals surface area contributed by atoms with Crippen LogP contribution < -0.4 is 4.74 Å². The fourth-order valence-electron chi connectivity index (χ4n) is 0.939. The highest BCUT2D eigenvalue weighted by Gasteiger charge is 2.24. The van der Waals surface area contributed by atoms with Crippen LogP contribution in [0.25, 0.3) is 0 Å². The second-order valence-electron chi connectivity index (χ2n) is 2.74. The van der Waals surface area contributed by atoms with Crippen molar-refractivity contribution in [3.05, 3.63) is 28.8 Å². The minimum absolute atomic E-state index is 0.113. The van der Waals surface area contributed by atoms with Gasteiger partial charge in [-0.05, 0) is 18.2 Å². The van der Waals surface area contributed by atoms with Crippen molar-refractivity contribution in [3.8, 4) is 5.75 Å². The van der Waals surface area contributed by atoms with Crippen molar-refractivity contribution in [2.45, 2.75) is 12.8 Å². The zero-order chi connectivity index (χ0) is 10.1. The number of halogens is 3. The van der Waals surface area contributed by atoms with Gasteiger partial charge in [0.05, 0.1) is 12.1 Å². The molecule has 0 atom stereocenters. The van der Waals surface area contributed by atoms with Crippen LogP contribution in [0.4, 0.5) is 8.78 Å². The maximum Gasteiger partial charge on any atom is 0.270 e. The topological polar surface area (TPSA) is 9.23 Å². The smallest absolute Gasteiger partial charge is 0.270 e. The Kier molecular flexibility index (Phi) is 2.76. The highest BCUT2D eigenvalue weighted by atomic mass is 35.5. The van der Waals surface area contributed by atoms with Crippen molar-refractivity contribution >= 4 is 11.6 Å². The first kappa shape index (κ1) is 10.3. The zero-order valence-electron chi connectivity index (χ0n) is 7.27. The normalized spacial score (nSPS) is 11.5. The Hall–Kier alpha value is -0.830. The molecule has 4 heteroatoms. The molecule has 1 rings (SSSR count). The summed E-state index contributed by atoms with van der Waals surface area (Å²) < 4.78 is 30.4. The van der Waals surface area contributed by atoms with Crippen molar-refractivity contribution in [2.75, 3.05) is 7.11 Å². The molecule has 0 aliphatic heterocycles. The summed E-state index contributed by atoms with van der Waals surface area (Å²) in [6, 6.07) is 3.93. The van der Waals surface area contributed by atoms with Crippen molar-refractivity contribution in [3.63, 3.8) is 0 Å². The van der Waals surface area contributed by atoms with E-state index < -0.39 is 5.92 Å². The van der Waals surface area contributed by atoms with Crippen LogP contribution in [0.1, 0.15) is 12.5 Å². The lowest BCUT2D eigenvalue weighted by Gasteiger charge is -2.11. The number of alkyl halides is 2. The maximum absolute atomic E-state index is 12.8. The molecule has 0 bridgehead atoms. The molecule has 0 aliphatic carbocycles. The molecule has 0 heterocycles. The number of rotatable bonds is 2. The van der Waals surface area contributed by atoms with Crippen LogP contribution in [0.3, 0.4) is 0 Å². The fraction of sp³-hybridized carbons (Fsp3) is 0.333. The molecule has 0 spiro atoms. The van der Waals surface area contributed by atoms with Crippen LogP contribution in [0.15, 0.2) is 18.2 Å². The van der Waals surface area contributed by atoms with Crippen molar-refractivity contribution in [1.82, 2.24) is 0 Å². The second-order valence-corrected chi connectivity index (χ2v) is 3.14. The Bertz CT molecular complexity index is 307. The molecule has 0 saturated heterocycles. The second kappa shape index (κ2) is 3.50. The Morgan fingerprint density at radius 1 is 1.38 bits per heavy atom. The lowest BCUT2D eigenvalue weighted by atomic mass is 10.1. The van der Waals surface area contributed by atoms with E-state index in [1.807, 2.05) is 0 Å². The van der Waals surface area contributed by atoms with E-state index in [4.69, 9.17) is 16.3 Å². The predicted octanol–water partition coefficient (Wildman–Crippen LogP) is 3.46. The summed E-state index contributed by atoms with van der Waals surface area (Å²) in [4.78, 5) is 0. The Balaban J connectivity index is 3.10. The highest BCUT2D eigenvalue weighted by molar-refractivity contribution is 6.32. The van der Waals surface area contributed by atoms with E-state index in [0.29, 0.717) is 5.75 Å². The summed E-state index contributed by atoms with van der Waals surface area (Å²) >= 11 is 5.68. The molecule has 1 aromatic rings. The fourth-order valence-corrected chi connectivity index (χ4v) is 1.20. The van der Waals surface area contributed by atoms with Gasteiger partial charge in [-0.1, -0.05) is 11.6 Å². The number of hydrogen-bond donors (Lipinski definition) is 0. The molecule has 0 aliphatic rings. The van der Waals surface area contributed by atoms with Crippen molar-refractivity contribution in [2.24, 2.45) is 0 Å². The van der Waals surface area contributed by atoms with Gasteiger partial charge in [0.2, 0.25) is 0 Å². The summed E-state index contributed by atoms with van der Waals surface area (Å²) in [5.41, 5.74) is -0.113. The number of ether oxygens (including phenoxy) is 1. The van der Waals surface area contributed by atoms with E-state index in [1.54, 1.807) is 0 Å². The van der Waals surface area contributed by atoms with Crippen LogP contribution in [-0.2, 0) is 5.92 Å². The average Bonchev–Trinajstić information content (AvgIpc) is 2.02. The van der Waals surface area contributed by atoms with Crippen molar-refractivity contribution < 1.29 is 13.5 Å². The van der Waals surface area contributed by atoms with Gasteiger partial charge in [-0.2, -0.15) is 0 Å². The first-order valence-corrected chi connectivity index (χ1v) is 4.05.